The maximum atomic E-state index is 10.3. The number of hydrogen-bond donors (Lipinski definition) is 0. The Morgan fingerprint density at radius 3 is 2.20 bits per heavy atom. The fourth-order valence-electron chi connectivity index (χ4n) is 3.10. The van der Waals surface area contributed by atoms with Gasteiger partial charge in [-0.1, -0.05) is 51.9 Å². The maximum Gasteiger partial charge on any atom is 1.00 e. The van der Waals surface area contributed by atoms with Gasteiger partial charge >= 0.3 is 29.6 Å². The molecule has 0 aromatic rings. The molecule has 0 N–H and O–H groups in total. The molecule has 6 heteroatoms. The molecule has 4 nitrogen and oxygen atoms in total. The molecule has 0 amide bonds. The molecule has 2 atom stereocenters. The first-order valence-electron chi connectivity index (χ1n) is 7.61. The fourth-order valence-corrected chi connectivity index (χ4v) is 3.42. The van der Waals surface area contributed by atoms with Crippen molar-refractivity contribution < 1.29 is 46.7 Å². The van der Waals surface area contributed by atoms with Crippen LogP contribution in [0.4, 0.5) is 0 Å². The molecule has 1 aliphatic rings. The SMILES string of the molecule is CCCCCCC1CCC(CCCOS(=O)(=O)[O-])C1.[Na+]. The Kier molecular flexibility index (Phi) is 11.9. The molecule has 1 aliphatic carbocycles. The summed E-state index contributed by atoms with van der Waals surface area (Å²) in [5.41, 5.74) is 0. The van der Waals surface area contributed by atoms with Crippen LogP contribution in [-0.4, -0.2) is 19.6 Å². The molecule has 2 unspecified atom stereocenters. The van der Waals surface area contributed by atoms with Crippen molar-refractivity contribution in [3.63, 3.8) is 0 Å². The van der Waals surface area contributed by atoms with Crippen LogP contribution in [0.2, 0.25) is 0 Å². The molecule has 1 rings (SSSR count). The Morgan fingerprint density at radius 1 is 1.05 bits per heavy atom. The van der Waals surface area contributed by atoms with Crippen molar-refractivity contribution in [3.8, 4) is 0 Å². The van der Waals surface area contributed by atoms with Crippen molar-refractivity contribution in [2.24, 2.45) is 11.8 Å². The van der Waals surface area contributed by atoms with Gasteiger partial charge in [0, 0.05) is 0 Å². The minimum atomic E-state index is -4.50. The van der Waals surface area contributed by atoms with Gasteiger partial charge in [-0.15, -0.1) is 0 Å². The van der Waals surface area contributed by atoms with Crippen LogP contribution >= 0.6 is 0 Å². The molecule has 0 spiro atoms. The van der Waals surface area contributed by atoms with E-state index >= 15 is 0 Å². The van der Waals surface area contributed by atoms with Gasteiger partial charge in [0.05, 0.1) is 6.61 Å². The van der Waals surface area contributed by atoms with E-state index in [2.05, 4.69) is 11.1 Å². The van der Waals surface area contributed by atoms with E-state index in [0.717, 1.165) is 12.3 Å². The van der Waals surface area contributed by atoms with Gasteiger partial charge in [-0.05, 0) is 31.1 Å². The molecule has 0 heterocycles. The zero-order valence-electron chi connectivity index (χ0n) is 13.0. The number of unbranched alkanes of at least 4 members (excludes halogenated alkanes) is 3. The van der Waals surface area contributed by atoms with Crippen molar-refractivity contribution >= 4 is 10.4 Å². The number of hydrogen-bond acceptors (Lipinski definition) is 4. The summed E-state index contributed by atoms with van der Waals surface area (Å²) in [6.07, 6.45) is 12.2. The van der Waals surface area contributed by atoms with Crippen LogP contribution in [0.25, 0.3) is 0 Å². The molecule has 0 aromatic heterocycles. The zero-order chi connectivity index (χ0) is 14.1. The Bertz CT molecular complexity index is 332. The molecule has 20 heavy (non-hydrogen) atoms. The van der Waals surface area contributed by atoms with Crippen molar-refractivity contribution in [2.45, 2.75) is 71.1 Å². The van der Waals surface area contributed by atoms with Crippen LogP contribution in [0, 0.1) is 11.8 Å². The van der Waals surface area contributed by atoms with E-state index in [0.29, 0.717) is 12.3 Å². The van der Waals surface area contributed by atoms with Gasteiger partial charge in [-0.3, -0.25) is 4.18 Å². The monoisotopic (exact) mass is 314 g/mol. The van der Waals surface area contributed by atoms with Crippen LogP contribution in [0.5, 0.6) is 0 Å². The zero-order valence-corrected chi connectivity index (χ0v) is 15.8. The predicted molar refractivity (Wildman–Crippen MR) is 74.5 cm³/mol. The Hall–Kier alpha value is 0.870. The van der Waals surface area contributed by atoms with E-state index in [1.807, 2.05) is 0 Å². The first kappa shape index (κ1) is 20.9. The molecule has 114 valence electrons. The molecule has 0 radical (unpaired) electrons. The van der Waals surface area contributed by atoms with Gasteiger partial charge in [-0.25, -0.2) is 8.42 Å². The van der Waals surface area contributed by atoms with Gasteiger partial charge in [-0.2, -0.15) is 0 Å². The first-order valence-corrected chi connectivity index (χ1v) is 8.95. The summed E-state index contributed by atoms with van der Waals surface area (Å²) in [7, 11) is -4.50. The summed E-state index contributed by atoms with van der Waals surface area (Å²) in [6, 6.07) is 0. The molecule has 0 saturated heterocycles. The fraction of sp³-hybridized carbons (Fsp3) is 1.00. The van der Waals surface area contributed by atoms with Crippen molar-refractivity contribution in [1.82, 2.24) is 0 Å². The largest absolute Gasteiger partial charge is 1.00 e. The molecular weight excluding hydrogens is 287 g/mol. The maximum absolute atomic E-state index is 10.3. The third-order valence-corrected chi connectivity index (χ3v) is 4.56. The van der Waals surface area contributed by atoms with Gasteiger partial charge in [0.2, 0.25) is 10.4 Å². The molecular formula is C14H27NaO4S. The van der Waals surface area contributed by atoms with E-state index in [4.69, 9.17) is 0 Å². The van der Waals surface area contributed by atoms with Crippen molar-refractivity contribution in [1.29, 1.82) is 0 Å². The summed E-state index contributed by atoms with van der Waals surface area (Å²) in [4.78, 5) is 0. The molecule has 0 bridgehead atoms. The van der Waals surface area contributed by atoms with Crippen LogP contribution in [0.1, 0.15) is 71.1 Å². The molecule has 0 aromatic carbocycles. The van der Waals surface area contributed by atoms with Crippen LogP contribution in [-0.2, 0) is 14.6 Å². The first-order chi connectivity index (χ1) is 9.01. The van der Waals surface area contributed by atoms with Crippen LogP contribution in [0.15, 0.2) is 0 Å². The van der Waals surface area contributed by atoms with Crippen molar-refractivity contribution in [2.75, 3.05) is 6.61 Å². The Morgan fingerprint density at radius 2 is 1.65 bits per heavy atom. The second-order valence-corrected chi connectivity index (χ2v) is 6.82. The summed E-state index contributed by atoms with van der Waals surface area (Å²) < 4.78 is 35.0. The summed E-state index contributed by atoms with van der Waals surface area (Å²) in [5, 5.41) is 0. The normalized spacial score (nSPS) is 22.7. The van der Waals surface area contributed by atoms with Crippen molar-refractivity contribution in [3.05, 3.63) is 0 Å². The summed E-state index contributed by atoms with van der Waals surface area (Å²) in [5.74, 6) is 1.57. The minimum absolute atomic E-state index is 0. The van der Waals surface area contributed by atoms with E-state index in [1.54, 1.807) is 0 Å². The third kappa shape index (κ3) is 10.6. The van der Waals surface area contributed by atoms with E-state index in [1.165, 1.54) is 51.4 Å². The predicted octanol–water partition coefficient (Wildman–Crippen LogP) is 0.634. The Labute approximate surface area is 146 Å². The van der Waals surface area contributed by atoms with Crippen LogP contribution in [0.3, 0.4) is 0 Å². The molecule has 0 aliphatic heterocycles. The number of rotatable bonds is 10. The second-order valence-electron chi connectivity index (χ2n) is 5.77. The van der Waals surface area contributed by atoms with Gasteiger partial charge in [0.25, 0.3) is 0 Å². The van der Waals surface area contributed by atoms with Gasteiger partial charge in [0.15, 0.2) is 0 Å². The van der Waals surface area contributed by atoms with E-state index in [9.17, 15) is 13.0 Å². The summed E-state index contributed by atoms with van der Waals surface area (Å²) in [6.45, 7) is 2.28. The van der Waals surface area contributed by atoms with E-state index < -0.39 is 10.4 Å². The minimum Gasteiger partial charge on any atom is -0.726 e. The third-order valence-electron chi connectivity index (χ3n) is 4.10. The van der Waals surface area contributed by atoms with Crippen LogP contribution < -0.4 is 29.6 Å². The summed E-state index contributed by atoms with van der Waals surface area (Å²) >= 11 is 0. The topological polar surface area (TPSA) is 66.4 Å². The average Bonchev–Trinajstić information content (AvgIpc) is 2.77. The average molecular weight is 314 g/mol. The van der Waals surface area contributed by atoms with Gasteiger partial charge in [0.1, 0.15) is 0 Å². The molecule has 1 saturated carbocycles. The second kappa shape index (κ2) is 11.4. The molecule has 1 fully saturated rings. The van der Waals surface area contributed by atoms with Gasteiger partial charge < -0.3 is 4.55 Å². The quantitative estimate of drug-likeness (QED) is 0.257. The van der Waals surface area contributed by atoms with E-state index in [-0.39, 0.29) is 36.2 Å². The standard InChI is InChI=1S/C14H28O4S.Na/c1-2-3-4-5-7-13-9-10-14(12-13)8-6-11-18-19(15,16)17;/h13-14H,2-12H2,1H3,(H,15,16,17);/q;+1/p-1. The smallest absolute Gasteiger partial charge is 0.726 e. The Balaban J connectivity index is 0.00000361.